The smallest absolute Gasteiger partial charge is 0.112 e. The van der Waals surface area contributed by atoms with Crippen LogP contribution in [0.25, 0.3) is 0 Å². The molecule has 2 heteroatoms. The minimum atomic E-state index is -1.28. The summed E-state index contributed by atoms with van der Waals surface area (Å²) >= 11 is 0. The minimum Gasteiger partial charge on any atom is -0.385 e. The lowest BCUT2D eigenvalue weighted by atomic mass is 9.87. The van der Waals surface area contributed by atoms with Gasteiger partial charge < -0.3 is 10.2 Å². The Hall–Kier alpha value is -1.12. The van der Waals surface area contributed by atoms with E-state index in [2.05, 4.69) is 6.58 Å². The van der Waals surface area contributed by atoms with Gasteiger partial charge in [0, 0.05) is 0 Å². The van der Waals surface area contributed by atoms with Crippen LogP contribution in [-0.2, 0) is 0 Å². The van der Waals surface area contributed by atoms with Crippen LogP contribution in [0, 0.1) is 0 Å². The molecule has 76 valence electrons. The first-order valence-corrected chi connectivity index (χ1v) is 4.57. The van der Waals surface area contributed by atoms with Gasteiger partial charge in [0.15, 0.2) is 0 Å². The Labute approximate surface area is 84.5 Å². The highest BCUT2D eigenvalue weighted by atomic mass is 16.3. The lowest BCUT2D eigenvalue weighted by Crippen LogP contribution is -2.33. The molecule has 0 aliphatic rings. The van der Waals surface area contributed by atoms with Crippen LogP contribution < -0.4 is 0 Å². The number of hydrogen-bond donors (Lipinski definition) is 2. The van der Waals surface area contributed by atoms with Gasteiger partial charge in [-0.2, -0.15) is 0 Å². The molecular formula is C12H16O2. The summed E-state index contributed by atoms with van der Waals surface area (Å²) in [4.78, 5) is 0. The second-order valence-electron chi connectivity index (χ2n) is 3.74. The maximum atomic E-state index is 9.96. The van der Waals surface area contributed by atoms with Crippen LogP contribution >= 0.6 is 0 Å². The summed E-state index contributed by atoms with van der Waals surface area (Å²) in [6, 6.07) is 9.08. The molecule has 0 aliphatic heterocycles. The molecule has 1 aromatic carbocycles. The highest BCUT2D eigenvalue weighted by Crippen LogP contribution is 2.30. The van der Waals surface area contributed by atoms with Crippen molar-refractivity contribution in [3.05, 3.63) is 48.0 Å². The third kappa shape index (κ3) is 2.03. The summed E-state index contributed by atoms with van der Waals surface area (Å²) in [6.07, 6.45) is -0.929. The topological polar surface area (TPSA) is 40.5 Å². The molecule has 0 aromatic heterocycles. The van der Waals surface area contributed by atoms with Gasteiger partial charge in [-0.15, -0.1) is 0 Å². The Balaban J connectivity index is 2.96. The van der Waals surface area contributed by atoms with Gasteiger partial charge in [-0.1, -0.05) is 36.9 Å². The summed E-state index contributed by atoms with van der Waals surface area (Å²) in [5.74, 6) is 0. The molecule has 2 atom stereocenters. The van der Waals surface area contributed by atoms with Gasteiger partial charge in [-0.05, 0) is 25.0 Å². The Bertz CT molecular complexity index is 314. The largest absolute Gasteiger partial charge is 0.385 e. The molecule has 0 saturated carbocycles. The van der Waals surface area contributed by atoms with Gasteiger partial charge in [0.1, 0.15) is 11.7 Å². The zero-order valence-electron chi connectivity index (χ0n) is 8.57. The number of hydrogen-bond acceptors (Lipinski definition) is 2. The maximum absolute atomic E-state index is 9.96. The summed E-state index contributed by atoms with van der Waals surface area (Å²) in [5, 5.41) is 19.9. The molecule has 0 saturated heterocycles. The van der Waals surface area contributed by atoms with Gasteiger partial charge in [-0.25, -0.2) is 0 Å². The van der Waals surface area contributed by atoms with Crippen LogP contribution in [-0.4, -0.2) is 15.8 Å². The van der Waals surface area contributed by atoms with E-state index in [0.29, 0.717) is 11.1 Å². The predicted molar refractivity (Wildman–Crippen MR) is 56.8 cm³/mol. The number of aliphatic hydroxyl groups is 2. The van der Waals surface area contributed by atoms with Crippen LogP contribution in [0.15, 0.2) is 42.5 Å². The normalized spacial score (nSPS) is 17.1. The predicted octanol–water partition coefficient (Wildman–Crippen LogP) is 2.05. The average Bonchev–Trinajstić information content (AvgIpc) is 2.17. The van der Waals surface area contributed by atoms with E-state index in [0.717, 1.165) is 0 Å². The molecule has 1 rings (SSSR count). The molecule has 2 N–H and O–H groups in total. The van der Waals surface area contributed by atoms with E-state index in [4.69, 9.17) is 0 Å². The van der Waals surface area contributed by atoms with E-state index in [-0.39, 0.29) is 0 Å². The number of rotatable bonds is 3. The van der Waals surface area contributed by atoms with Gasteiger partial charge in [0.25, 0.3) is 0 Å². The molecular weight excluding hydrogens is 176 g/mol. The highest BCUT2D eigenvalue weighted by Gasteiger charge is 2.31. The molecule has 0 aliphatic carbocycles. The Kier molecular flexibility index (Phi) is 3.09. The van der Waals surface area contributed by atoms with Crippen molar-refractivity contribution >= 4 is 0 Å². The standard InChI is InChI=1S/C12H16O2/c1-9(2)12(3,14)11(13)10-7-5-4-6-8-10/h4-8,11,13-14H,1H2,2-3H3/t11-,12+/m0/s1. The number of aliphatic hydroxyl groups excluding tert-OH is 1. The third-order valence-electron chi connectivity index (χ3n) is 2.51. The zero-order chi connectivity index (χ0) is 10.8. The zero-order valence-corrected chi connectivity index (χ0v) is 8.57. The van der Waals surface area contributed by atoms with Crippen molar-refractivity contribution in [1.82, 2.24) is 0 Å². The molecule has 0 bridgehead atoms. The van der Waals surface area contributed by atoms with E-state index in [1.807, 2.05) is 18.2 Å². The fourth-order valence-electron chi connectivity index (χ4n) is 1.19. The summed E-state index contributed by atoms with van der Waals surface area (Å²) < 4.78 is 0. The van der Waals surface area contributed by atoms with Crippen molar-refractivity contribution in [3.63, 3.8) is 0 Å². The Morgan fingerprint density at radius 1 is 1.36 bits per heavy atom. The van der Waals surface area contributed by atoms with Crippen LogP contribution in [0.4, 0.5) is 0 Å². The second kappa shape index (κ2) is 3.95. The molecule has 0 heterocycles. The molecule has 0 fully saturated rings. The molecule has 0 unspecified atom stereocenters. The SMILES string of the molecule is C=C(C)[C@@](C)(O)[C@@H](O)c1ccccc1. The fourth-order valence-corrected chi connectivity index (χ4v) is 1.19. The summed E-state index contributed by atoms with van der Waals surface area (Å²) in [5.41, 5.74) is -0.0317. The van der Waals surface area contributed by atoms with E-state index in [1.54, 1.807) is 26.0 Å². The van der Waals surface area contributed by atoms with Crippen LogP contribution in [0.1, 0.15) is 25.5 Å². The average molecular weight is 192 g/mol. The van der Waals surface area contributed by atoms with Crippen LogP contribution in [0.5, 0.6) is 0 Å². The highest BCUT2D eigenvalue weighted by molar-refractivity contribution is 5.24. The van der Waals surface area contributed by atoms with Crippen molar-refractivity contribution in [1.29, 1.82) is 0 Å². The number of benzene rings is 1. The summed E-state index contributed by atoms with van der Waals surface area (Å²) in [7, 11) is 0. The van der Waals surface area contributed by atoms with Crippen molar-refractivity contribution in [2.75, 3.05) is 0 Å². The van der Waals surface area contributed by atoms with E-state index >= 15 is 0 Å². The second-order valence-corrected chi connectivity index (χ2v) is 3.74. The van der Waals surface area contributed by atoms with Gasteiger partial charge in [-0.3, -0.25) is 0 Å². The van der Waals surface area contributed by atoms with Crippen LogP contribution in [0.2, 0.25) is 0 Å². The summed E-state index contributed by atoms with van der Waals surface area (Å²) in [6.45, 7) is 6.93. The first-order chi connectivity index (χ1) is 6.46. The van der Waals surface area contributed by atoms with Gasteiger partial charge in [0.2, 0.25) is 0 Å². The fraction of sp³-hybridized carbons (Fsp3) is 0.333. The Morgan fingerprint density at radius 3 is 2.29 bits per heavy atom. The van der Waals surface area contributed by atoms with Crippen LogP contribution in [0.3, 0.4) is 0 Å². The molecule has 0 amide bonds. The molecule has 14 heavy (non-hydrogen) atoms. The molecule has 1 aromatic rings. The monoisotopic (exact) mass is 192 g/mol. The van der Waals surface area contributed by atoms with Gasteiger partial charge in [0.05, 0.1) is 0 Å². The molecule has 0 radical (unpaired) electrons. The van der Waals surface area contributed by atoms with Crippen molar-refractivity contribution < 1.29 is 10.2 Å². The van der Waals surface area contributed by atoms with E-state index in [1.165, 1.54) is 0 Å². The quantitative estimate of drug-likeness (QED) is 0.719. The minimum absolute atomic E-state index is 0.550. The van der Waals surface area contributed by atoms with Gasteiger partial charge >= 0.3 is 0 Å². The first kappa shape index (κ1) is 11.0. The first-order valence-electron chi connectivity index (χ1n) is 4.57. The van der Waals surface area contributed by atoms with Crippen molar-refractivity contribution in [2.24, 2.45) is 0 Å². The maximum Gasteiger partial charge on any atom is 0.112 e. The Morgan fingerprint density at radius 2 is 1.86 bits per heavy atom. The molecule has 2 nitrogen and oxygen atoms in total. The van der Waals surface area contributed by atoms with E-state index < -0.39 is 11.7 Å². The third-order valence-corrected chi connectivity index (χ3v) is 2.51. The van der Waals surface area contributed by atoms with Crippen molar-refractivity contribution in [2.45, 2.75) is 25.6 Å². The lowest BCUT2D eigenvalue weighted by molar-refractivity contribution is -0.0358. The lowest BCUT2D eigenvalue weighted by Gasteiger charge is -2.29. The molecule has 0 spiro atoms. The van der Waals surface area contributed by atoms with E-state index in [9.17, 15) is 10.2 Å². The van der Waals surface area contributed by atoms with Crippen molar-refractivity contribution in [3.8, 4) is 0 Å².